The molecule has 0 saturated carbocycles. The Bertz CT molecular complexity index is 1230. The first-order chi connectivity index (χ1) is 15.9. The summed E-state index contributed by atoms with van der Waals surface area (Å²) in [6.45, 7) is 1.03. The van der Waals surface area contributed by atoms with E-state index in [2.05, 4.69) is 10.3 Å². The second kappa shape index (κ2) is 10.5. The van der Waals surface area contributed by atoms with E-state index in [-0.39, 0.29) is 16.6 Å². The highest BCUT2D eigenvalue weighted by atomic mass is 32.2. The van der Waals surface area contributed by atoms with E-state index in [1.165, 1.54) is 34.3 Å². The van der Waals surface area contributed by atoms with E-state index >= 15 is 0 Å². The summed E-state index contributed by atoms with van der Waals surface area (Å²) in [6.07, 6.45) is 4.36. The molecule has 0 bridgehead atoms. The number of hydrogen-bond acceptors (Lipinski definition) is 5. The number of carbonyl (C=O) groups is 1. The maximum Gasteiger partial charge on any atom is 0.258 e. The Hall–Kier alpha value is -2.75. The van der Waals surface area contributed by atoms with Crippen molar-refractivity contribution in [3.05, 3.63) is 83.8 Å². The number of thioether (sulfide) groups is 1. The third kappa shape index (κ3) is 5.79. The second-order valence-electron chi connectivity index (χ2n) is 7.72. The second-order valence-corrected chi connectivity index (χ2v) is 10.6. The molecule has 1 saturated heterocycles. The van der Waals surface area contributed by atoms with Crippen LogP contribution in [0.1, 0.15) is 35.2 Å². The van der Waals surface area contributed by atoms with Crippen LogP contribution >= 0.6 is 11.8 Å². The lowest BCUT2D eigenvalue weighted by Gasteiger charge is -2.26. The molecule has 0 unspecified atom stereocenters. The number of anilines is 1. The van der Waals surface area contributed by atoms with Gasteiger partial charge >= 0.3 is 0 Å². The number of nitrogens with zero attached hydrogens (tertiary/aromatic N) is 2. The molecule has 2 heterocycles. The Labute approximate surface area is 197 Å². The van der Waals surface area contributed by atoms with Gasteiger partial charge in [-0.3, -0.25) is 4.79 Å². The minimum Gasteiger partial charge on any atom is -0.322 e. The fourth-order valence-electron chi connectivity index (χ4n) is 3.60. The SMILES string of the molecule is O=C(Nc1cccc(S(=O)(=O)N2CCCCC2)c1)c1cccnc1SCc1ccc(F)cc1. The first kappa shape index (κ1) is 23.4. The summed E-state index contributed by atoms with van der Waals surface area (Å²) in [5, 5.41) is 3.33. The third-order valence-corrected chi connectivity index (χ3v) is 8.32. The monoisotopic (exact) mass is 485 g/mol. The van der Waals surface area contributed by atoms with Crippen LogP contribution in [0.25, 0.3) is 0 Å². The third-order valence-electron chi connectivity index (χ3n) is 5.35. The number of aromatic nitrogens is 1. The standard InChI is InChI=1S/C24H24FN3O3S2/c25-19-11-9-18(10-12-19)17-32-24-22(8-5-13-26-24)23(29)27-20-6-4-7-21(16-20)33(30,31)28-14-2-1-3-15-28/h4-13,16H,1-3,14-15,17H2,(H,27,29). The van der Waals surface area contributed by atoms with Crippen LogP contribution in [-0.2, 0) is 15.8 Å². The summed E-state index contributed by atoms with van der Waals surface area (Å²) in [4.78, 5) is 17.5. The van der Waals surface area contributed by atoms with Gasteiger partial charge in [0, 0.05) is 30.7 Å². The van der Waals surface area contributed by atoms with Crippen molar-refractivity contribution in [2.24, 2.45) is 0 Å². The average molecular weight is 486 g/mol. The highest BCUT2D eigenvalue weighted by Gasteiger charge is 2.26. The summed E-state index contributed by atoms with van der Waals surface area (Å²) in [5.41, 5.74) is 1.69. The van der Waals surface area contributed by atoms with E-state index in [1.807, 2.05) is 0 Å². The van der Waals surface area contributed by atoms with Crippen molar-refractivity contribution in [1.82, 2.24) is 9.29 Å². The summed E-state index contributed by atoms with van der Waals surface area (Å²) in [5.74, 6) is -0.148. The van der Waals surface area contributed by atoms with Gasteiger partial charge in [-0.25, -0.2) is 17.8 Å². The average Bonchev–Trinajstić information content (AvgIpc) is 2.84. The number of amides is 1. The first-order valence-corrected chi connectivity index (χ1v) is 13.1. The van der Waals surface area contributed by atoms with E-state index in [4.69, 9.17) is 0 Å². The smallest absolute Gasteiger partial charge is 0.258 e. The lowest BCUT2D eigenvalue weighted by Crippen LogP contribution is -2.35. The minimum absolute atomic E-state index is 0.166. The van der Waals surface area contributed by atoms with Crippen molar-refractivity contribution in [2.45, 2.75) is 34.9 Å². The predicted molar refractivity (Wildman–Crippen MR) is 127 cm³/mol. The van der Waals surface area contributed by atoms with Crippen molar-refractivity contribution >= 4 is 33.4 Å². The molecule has 1 aliphatic heterocycles. The summed E-state index contributed by atoms with van der Waals surface area (Å²) >= 11 is 1.37. The maximum atomic E-state index is 13.1. The fourth-order valence-corrected chi connectivity index (χ4v) is 6.11. The lowest BCUT2D eigenvalue weighted by atomic mass is 10.2. The number of hydrogen-bond donors (Lipinski definition) is 1. The summed E-state index contributed by atoms with van der Waals surface area (Å²) < 4.78 is 40.6. The van der Waals surface area contributed by atoms with Crippen LogP contribution in [0, 0.1) is 5.82 Å². The topological polar surface area (TPSA) is 79.4 Å². The molecule has 1 amide bonds. The van der Waals surface area contributed by atoms with Crippen LogP contribution in [0.15, 0.2) is 76.8 Å². The fraction of sp³-hybridized carbons (Fsp3) is 0.250. The summed E-state index contributed by atoms with van der Waals surface area (Å²) in [6, 6.07) is 15.8. The molecule has 33 heavy (non-hydrogen) atoms. The number of halogens is 1. The number of nitrogens with one attached hydrogen (secondary N) is 1. The Morgan fingerprint density at radius 1 is 1.03 bits per heavy atom. The van der Waals surface area contributed by atoms with E-state index in [0.717, 1.165) is 24.8 Å². The van der Waals surface area contributed by atoms with Gasteiger partial charge in [-0.1, -0.05) is 24.6 Å². The van der Waals surface area contributed by atoms with Crippen LogP contribution in [0.3, 0.4) is 0 Å². The largest absolute Gasteiger partial charge is 0.322 e. The zero-order chi connectivity index (χ0) is 23.3. The van der Waals surface area contributed by atoms with Crippen molar-refractivity contribution in [3.63, 3.8) is 0 Å². The molecule has 4 rings (SSSR count). The lowest BCUT2D eigenvalue weighted by molar-refractivity contribution is 0.102. The van der Waals surface area contributed by atoms with Crippen molar-refractivity contribution in [1.29, 1.82) is 0 Å². The molecule has 0 radical (unpaired) electrons. The van der Waals surface area contributed by atoms with Crippen LogP contribution in [0.4, 0.5) is 10.1 Å². The molecule has 9 heteroatoms. The van der Waals surface area contributed by atoms with Gasteiger partial charge in [0.2, 0.25) is 10.0 Å². The van der Waals surface area contributed by atoms with E-state index in [9.17, 15) is 17.6 Å². The molecular weight excluding hydrogens is 461 g/mol. The molecule has 172 valence electrons. The molecule has 6 nitrogen and oxygen atoms in total. The number of benzene rings is 2. The van der Waals surface area contributed by atoms with Gasteiger partial charge in [0.25, 0.3) is 5.91 Å². The maximum absolute atomic E-state index is 13.1. The van der Waals surface area contributed by atoms with E-state index in [0.29, 0.717) is 35.1 Å². The van der Waals surface area contributed by atoms with Gasteiger partial charge in [-0.2, -0.15) is 4.31 Å². The molecule has 1 aromatic heterocycles. The highest BCUT2D eigenvalue weighted by Crippen LogP contribution is 2.26. The van der Waals surface area contributed by atoms with Gasteiger partial charge < -0.3 is 5.32 Å². The summed E-state index contributed by atoms with van der Waals surface area (Å²) in [7, 11) is -3.60. The van der Waals surface area contributed by atoms with Crippen molar-refractivity contribution < 1.29 is 17.6 Å². The van der Waals surface area contributed by atoms with Crippen LogP contribution in [-0.4, -0.2) is 36.7 Å². The van der Waals surface area contributed by atoms with Crippen LogP contribution < -0.4 is 5.32 Å². The molecule has 2 aromatic carbocycles. The number of rotatable bonds is 7. The molecule has 0 atom stereocenters. The molecule has 1 fully saturated rings. The number of pyridine rings is 1. The van der Waals surface area contributed by atoms with Gasteiger partial charge in [0.15, 0.2) is 0 Å². The van der Waals surface area contributed by atoms with Gasteiger partial charge in [0.1, 0.15) is 10.8 Å². The molecular formula is C24H24FN3O3S2. The first-order valence-electron chi connectivity index (χ1n) is 10.7. The number of sulfonamides is 1. The van der Waals surface area contributed by atoms with Gasteiger partial charge in [-0.05, 0) is 60.9 Å². The Morgan fingerprint density at radius 2 is 1.79 bits per heavy atom. The van der Waals surface area contributed by atoms with Crippen molar-refractivity contribution in [2.75, 3.05) is 18.4 Å². The normalized spacial score (nSPS) is 14.7. The van der Waals surface area contributed by atoms with Crippen molar-refractivity contribution in [3.8, 4) is 0 Å². The number of carbonyl (C=O) groups excluding carboxylic acids is 1. The molecule has 3 aromatic rings. The van der Waals surface area contributed by atoms with Gasteiger partial charge in [0.05, 0.1) is 10.5 Å². The van der Waals surface area contributed by atoms with Gasteiger partial charge in [-0.15, -0.1) is 11.8 Å². The van der Waals surface area contributed by atoms with Crippen LogP contribution in [0.5, 0.6) is 0 Å². The molecule has 1 aliphatic rings. The molecule has 0 aliphatic carbocycles. The minimum atomic E-state index is -3.60. The molecule has 1 N–H and O–H groups in total. The van der Waals surface area contributed by atoms with E-state index in [1.54, 1.807) is 48.7 Å². The van der Waals surface area contributed by atoms with Crippen LogP contribution in [0.2, 0.25) is 0 Å². The quantitative estimate of drug-likeness (QED) is 0.480. The Balaban J connectivity index is 1.48. The zero-order valence-electron chi connectivity index (χ0n) is 17.9. The zero-order valence-corrected chi connectivity index (χ0v) is 19.5. The number of piperidine rings is 1. The predicted octanol–water partition coefficient (Wildman–Crippen LogP) is 4.94. The highest BCUT2D eigenvalue weighted by molar-refractivity contribution is 7.98. The Morgan fingerprint density at radius 3 is 2.55 bits per heavy atom. The molecule has 0 spiro atoms. The van der Waals surface area contributed by atoms with E-state index < -0.39 is 10.0 Å². The Kier molecular flexibility index (Phi) is 7.42.